The van der Waals surface area contributed by atoms with Crippen molar-refractivity contribution in [2.75, 3.05) is 6.54 Å². The molecule has 1 aromatic rings. The van der Waals surface area contributed by atoms with E-state index < -0.39 is 4.92 Å². The Balaban J connectivity index is 2.45. The zero-order chi connectivity index (χ0) is 15.0. The van der Waals surface area contributed by atoms with Crippen LogP contribution in [-0.2, 0) is 0 Å². The van der Waals surface area contributed by atoms with Gasteiger partial charge in [0.1, 0.15) is 0 Å². The molecule has 0 aromatic heterocycles. The molecule has 0 bridgehead atoms. The van der Waals surface area contributed by atoms with Gasteiger partial charge in [-0.3, -0.25) is 14.9 Å². The van der Waals surface area contributed by atoms with Gasteiger partial charge < -0.3 is 5.32 Å². The topological polar surface area (TPSA) is 72.2 Å². The number of amides is 1. The molecule has 0 aliphatic carbocycles. The summed E-state index contributed by atoms with van der Waals surface area (Å²) in [6.07, 6.45) is 5.58. The summed E-state index contributed by atoms with van der Waals surface area (Å²) in [5.74, 6) is -0.291. The van der Waals surface area contributed by atoms with Gasteiger partial charge in [0, 0.05) is 18.7 Å². The minimum atomic E-state index is -0.540. The van der Waals surface area contributed by atoms with Crippen LogP contribution in [-0.4, -0.2) is 17.4 Å². The average molecular weight is 299 g/mol. The average Bonchev–Trinajstić information content (AvgIpc) is 2.42. The first-order valence-electron chi connectivity index (χ1n) is 6.78. The Morgan fingerprint density at radius 2 is 2.00 bits per heavy atom. The SMILES string of the molecule is CCCCCCCNC(=O)c1ccc([N+](=O)[O-])cc1Cl. The van der Waals surface area contributed by atoms with Crippen LogP contribution in [0.1, 0.15) is 49.4 Å². The Morgan fingerprint density at radius 1 is 1.30 bits per heavy atom. The number of nitrogens with zero attached hydrogens (tertiary/aromatic N) is 1. The summed E-state index contributed by atoms with van der Waals surface area (Å²) in [7, 11) is 0. The van der Waals surface area contributed by atoms with E-state index in [1.807, 2.05) is 0 Å². The molecule has 110 valence electrons. The lowest BCUT2D eigenvalue weighted by atomic mass is 10.1. The summed E-state index contributed by atoms with van der Waals surface area (Å²) in [6, 6.07) is 3.85. The third kappa shape index (κ3) is 5.17. The van der Waals surface area contributed by atoms with E-state index in [1.165, 1.54) is 37.5 Å². The normalized spacial score (nSPS) is 10.3. The van der Waals surface area contributed by atoms with Crippen molar-refractivity contribution in [2.24, 2.45) is 0 Å². The molecule has 0 fully saturated rings. The highest BCUT2D eigenvalue weighted by molar-refractivity contribution is 6.34. The Kier molecular flexibility index (Phi) is 7.01. The summed E-state index contributed by atoms with van der Waals surface area (Å²) in [5, 5.41) is 13.4. The van der Waals surface area contributed by atoms with Crippen LogP contribution in [0.2, 0.25) is 5.02 Å². The highest BCUT2D eigenvalue weighted by atomic mass is 35.5. The zero-order valence-corrected chi connectivity index (χ0v) is 12.3. The number of nitro benzene ring substituents is 1. The Hall–Kier alpha value is -1.62. The molecule has 1 rings (SSSR count). The maximum absolute atomic E-state index is 11.9. The molecule has 0 spiro atoms. The van der Waals surface area contributed by atoms with Crippen LogP contribution in [0.25, 0.3) is 0 Å². The lowest BCUT2D eigenvalue weighted by Crippen LogP contribution is -2.24. The molecule has 1 N–H and O–H groups in total. The number of hydrogen-bond donors (Lipinski definition) is 1. The van der Waals surface area contributed by atoms with Crippen molar-refractivity contribution >= 4 is 23.2 Å². The lowest BCUT2D eigenvalue weighted by Gasteiger charge is -2.06. The molecule has 0 aliphatic heterocycles. The summed E-state index contributed by atoms with van der Waals surface area (Å²) < 4.78 is 0. The van der Waals surface area contributed by atoms with Crippen LogP contribution in [0.5, 0.6) is 0 Å². The summed E-state index contributed by atoms with van der Waals surface area (Å²) >= 11 is 5.88. The van der Waals surface area contributed by atoms with Gasteiger partial charge in [-0.15, -0.1) is 0 Å². The van der Waals surface area contributed by atoms with Crippen molar-refractivity contribution in [3.63, 3.8) is 0 Å². The molecule has 0 saturated carbocycles. The van der Waals surface area contributed by atoms with Gasteiger partial charge >= 0.3 is 0 Å². The summed E-state index contributed by atoms with van der Waals surface area (Å²) in [5.41, 5.74) is 0.150. The Bertz CT molecular complexity index is 477. The molecule has 0 radical (unpaired) electrons. The van der Waals surface area contributed by atoms with Gasteiger partial charge in [0.2, 0.25) is 0 Å². The largest absolute Gasteiger partial charge is 0.352 e. The van der Waals surface area contributed by atoms with Gasteiger partial charge in [-0.25, -0.2) is 0 Å². The van der Waals surface area contributed by atoms with Crippen LogP contribution < -0.4 is 5.32 Å². The molecule has 0 unspecified atom stereocenters. The Morgan fingerprint density at radius 3 is 2.60 bits per heavy atom. The van der Waals surface area contributed by atoms with Gasteiger partial charge in [-0.2, -0.15) is 0 Å². The fourth-order valence-electron chi connectivity index (χ4n) is 1.83. The Labute approximate surface area is 123 Å². The molecule has 1 amide bonds. The number of nitro groups is 1. The van der Waals surface area contributed by atoms with Crippen molar-refractivity contribution in [2.45, 2.75) is 39.0 Å². The van der Waals surface area contributed by atoms with E-state index in [-0.39, 0.29) is 22.2 Å². The zero-order valence-electron chi connectivity index (χ0n) is 11.5. The van der Waals surface area contributed by atoms with E-state index in [9.17, 15) is 14.9 Å². The van der Waals surface area contributed by atoms with Crippen LogP contribution in [0.3, 0.4) is 0 Å². The second-order valence-electron chi connectivity index (χ2n) is 4.59. The number of benzene rings is 1. The first-order valence-corrected chi connectivity index (χ1v) is 7.16. The van der Waals surface area contributed by atoms with Gasteiger partial charge in [0.05, 0.1) is 15.5 Å². The highest BCUT2D eigenvalue weighted by Gasteiger charge is 2.14. The maximum Gasteiger partial charge on any atom is 0.270 e. The molecule has 6 heteroatoms. The van der Waals surface area contributed by atoms with Crippen LogP contribution in [0.15, 0.2) is 18.2 Å². The highest BCUT2D eigenvalue weighted by Crippen LogP contribution is 2.22. The quantitative estimate of drug-likeness (QED) is 0.449. The third-order valence-corrected chi connectivity index (χ3v) is 3.29. The molecular formula is C14H19ClN2O3. The van der Waals surface area contributed by atoms with Crippen molar-refractivity contribution in [1.29, 1.82) is 0 Å². The van der Waals surface area contributed by atoms with Crippen molar-refractivity contribution in [3.8, 4) is 0 Å². The fourth-order valence-corrected chi connectivity index (χ4v) is 2.09. The number of carbonyl (C=O) groups is 1. The minimum absolute atomic E-state index is 0.0997. The molecule has 0 atom stereocenters. The molecule has 20 heavy (non-hydrogen) atoms. The number of nitrogens with one attached hydrogen (secondary N) is 1. The monoisotopic (exact) mass is 298 g/mol. The van der Waals surface area contributed by atoms with E-state index in [0.29, 0.717) is 6.54 Å². The second-order valence-corrected chi connectivity index (χ2v) is 5.00. The van der Waals surface area contributed by atoms with E-state index in [2.05, 4.69) is 12.2 Å². The van der Waals surface area contributed by atoms with E-state index in [4.69, 9.17) is 11.6 Å². The predicted molar refractivity (Wildman–Crippen MR) is 79.2 cm³/mol. The summed E-state index contributed by atoms with van der Waals surface area (Å²) in [4.78, 5) is 21.9. The molecular weight excluding hydrogens is 280 g/mol. The van der Waals surface area contributed by atoms with E-state index in [1.54, 1.807) is 0 Å². The molecule has 5 nitrogen and oxygen atoms in total. The number of rotatable bonds is 8. The molecule has 1 aromatic carbocycles. The second kappa shape index (κ2) is 8.53. The number of non-ortho nitro benzene ring substituents is 1. The van der Waals surface area contributed by atoms with Gasteiger partial charge in [-0.1, -0.05) is 44.2 Å². The standard InChI is InChI=1S/C14H19ClN2O3/c1-2-3-4-5-6-9-16-14(18)12-8-7-11(17(19)20)10-13(12)15/h7-8,10H,2-6,9H2,1H3,(H,16,18). The first-order chi connectivity index (χ1) is 9.56. The van der Waals surface area contributed by atoms with Crippen LogP contribution >= 0.6 is 11.6 Å². The minimum Gasteiger partial charge on any atom is -0.352 e. The first kappa shape index (κ1) is 16.4. The number of carbonyl (C=O) groups excluding carboxylic acids is 1. The fraction of sp³-hybridized carbons (Fsp3) is 0.500. The van der Waals surface area contributed by atoms with Crippen LogP contribution in [0, 0.1) is 10.1 Å². The third-order valence-electron chi connectivity index (χ3n) is 2.97. The molecule has 0 heterocycles. The van der Waals surface area contributed by atoms with E-state index in [0.717, 1.165) is 12.8 Å². The van der Waals surface area contributed by atoms with Gasteiger partial charge in [0.25, 0.3) is 11.6 Å². The van der Waals surface area contributed by atoms with Gasteiger partial charge in [-0.05, 0) is 12.5 Å². The van der Waals surface area contributed by atoms with Crippen molar-refractivity contribution in [3.05, 3.63) is 38.9 Å². The van der Waals surface area contributed by atoms with Crippen molar-refractivity contribution in [1.82, 2.24) is 5.32 Å². The lowest BCUT2D eigenvalue weighted by molar-refractivity contribution is -0.384. The number of hydrogen-bond acceptors (Lipinski definition) is 3. The van der Waals surface area contributed by atoms with Crippen LogP contribution in [0.4, 0.5) is 5.69 Å². The maximum atomic E-state index is 11.9. The van der Waals surface area contributed by atoms with Gasteiger partial charge in [0.15, 0.2) is 0 Å². The number of halogens is 1. The number of unbranched alkanes of at least 4 members (excludes halogenated alkanes) is 4. The smallest absolute Gasteiger partial charge is 0.270 e. The summed E-state index contributed by atoms with van der Waals surface area (Å²) in [6.45, 7) is 2.74. The predicted octanol–water partition coefficient (Wildman–Crippen LogP) is 3.95. The molecule has 0 aliphatic rings. The van der Waals surface area contributed by atoms with E-state index >= 15 is 0 Å². The molecule has 0 saturated heterocycles. The van der Waals surface area contributed by atoms with Crippen molar-refractivity contribution < 1.29 is 9.72 Å².